The van der Waals surface area contributed by atoms with Gasteiger partial charge in [0.1, 0.15) is 10.9 Å². The number of benzene rings is 2. The second-order valence-electron chi connectivity index (χ2n) is 7.14. The Morgan fingerprint density at radius 3 is 2.31 bits per heavy atom. The molecule has 1 aliphatic rings. The molecule has 0 saturated heterocycles. The molecule has 170 valence electrons. The average molecular weight is 498 g/mol. The summed E-state index contributed by atoms with van der Waals surface area (Å²) in [6.45, 7) is 1.11. The number of nitrogens with zero attached hydrogens (tertiary/aromatic N) is 2. The van der Waals surface area contributed by atoms with Gasteiger partial charge in [-0.25, -0.2) is 12.7 Å². The Morgan fingerprint density at radius 2 is 1.72 bits per heavy atom. The summed E-state index contributed by atoms with van der Waals surface area (Å²) < 4.78 is 26.1. The van der Waals surface area contributed by atoms with E-state index in [9.17, 15) is 22.8 Å². The molecule has 0 aliphatic carbocycles. The van der Waals surface area contributed by atoms with Gasteiger partial charge in [-0.3, -0.25) is 14.4 Å². The molecule has 0 spiro atoms. The van der Waals surface area contributed by atoms with Crippen LogP contribution in [-0.2, 0) is 26.2 Å². The lowest BCUT2D eigenvalue weighted by Crippen LogP contribution is -2.47. The van der Waals surface area contributed by atoms with Crippen LogP contribution in [0, 0.1) is 0 Å². The number of hydrogen-bond donors (Lipinski definition) is 1. The van der Waals surface area contributed by atoms with Crippen molar-refractivity contribution in [3.05, 3.63) is 63.6 Å². The van der Waals surface area contributed by atoms with Crippen molar-refractivity contribution in [2.45, 2.75) is 30.8 Å². The predicted molar refractivity (Wildman–Crippen MR) is 120 cm³/mol. The highest BCUT2D eigenvalue weighted by Crippen LogP contribution is 2.30. The Hall–Kier alpha value is -2.62. The van der Waals surface area contributed by atoms with E-state index in [4.69, 9.17) is 23.2 Å². The highest BCUT2D eigenvalue weighted by molar-refractivity contribution is 7.90. The van der Waals surface area contributed by atoms with Crippen molar-refractivity contribution >= 4 is 50.9 Å². The highest BCUT2D eigenvalue weighted by Gasteiger charge is 2.41. The van der Waals surface area contributed by atoms with E-state index in [-0.39, 0.29) is 30.0 Å². The van der Waals surface area contributed by atoms with Crippen LogP contribution in [0.15, 0.2) is 47.4 Å². The van der Waals surface area contributed by atoms with Gasteiger partial charge in [-0.15, -0.1) is 0 Å². The van der Waals surface area contributed by atoms with Crippen molar-refractivity contribution in [2.75, 3.05) is 13.6 Å². The van der Waals surface area contributed by atoms with Gasteiger partial charge >= 0.3 is 0 Å². The van der Waals surface area contributed by atoms with Gasteiger partial charge in [0.2, 0.25) is 11.8 Å². The lowest BCUT2D eigenvalue weighted by atomic mass is 10.1. The van der Waals surface area contributed by atoms with Crippen molar-refractivity contribution in [3.8, 4) is 0 Å². The van der Waals surface area contributed by atoms with Crippen molar-refractivity contribution in [1.82, 2.24) is 14.5 Å². The second-order valence-corrected chi connectivity index (χ2v) is 9.79. The maximum absolute atomic E-state index is 13.1. The molecule has 0 radical (unpaired) electrons. The third kappa shape index (κ3) is 4.46. The van der Waals surface area contributed by atoms with Gasteiger partial charge in [0.15, 0.2) is 0 Å². The van der Waals surface area contributed by atoms with Crippen LogP contribution in [0.25, 0.3) is 0 Å². The molecule has 2 aromatic rings. The van der Waals surface area contributed by atoms with Crippen LogP contribution in [0.2, 0.25) is 10.0 Å². The summed E-state index contributed by atoms with van der Waals surface area (Å²) in [4.78, 5) is 39.1. The molecule has 0 fully saturated rings. The summed E-state index contributed by atoms with van der Waals surface area (Å²) in [6, 6.07) is 9.87. The van der Waals surface area contributed by atoms with E-state index in [2.05, 4.69) is 5.32 Å². The average Bonchev–Trinajstić information content (AvgIpc) is 2.96. The lowest BCUT2D eigenvalue weighted by molar-refractivity contribution is -0.140. The quantitative estimate of drug-likeness (QED) is 0.633. The zero-order valence-corrected chi connectivity index (χ0v) is 19.7. The van der Waals surface area contributed by atoms with E-state index in [1.54, 1.807) is 24.3 Å². The maximum Gasteiger partial charge on any atom is 0.269 e. The van der Waals surface area contributed by atoms with E-state index >= 15 is 0 Å². The Balaban J connectivity index is 1.83. The third-order valence-electron chi connectivity index (χ3n) is 5.24. The molecular formula is C21H21Cl2N3O5S. The number of nitrogens with one attached hydrogen (secondary N) is 1. The molecule has 2 aromatic carbocycles. The summed E-state index contributed by atoms with van der Waals surface area (Å²) in [5, 5.41) is 3.14. The Morgan fingerprint density at radius 1 is 1.09 bits per heavy atom. The number of carbonyl (C=O) groups excluding carboxylic acids is 3. The van der Waals surface area contributed by atoms with Gasteiger partial charge in [0.05, 0.1) is 5.56 Å². The minimum absolute atomic E-state index is 0.0627. The standard InChI is InChI=1S/C21H21Cl2N3O5S/c1-13(20(28)24-2)25(12-15-16(22)7-5-8-17(15)23)19(27)10-11-26-21(29)14-6-3-4-9-18(14)32(26,30)31/h3-9,13H,10-12H2,1-2H3,(H,24,28)/t13-/m1/s1. The number of carbonyl (C=O) groups is 3. The Kier molecular flexibility index (Phi) is 7.12. The van der Waals surface area contributed by atoms with Gasteiger partial charge in [0, 0.05) is 42.2 Å². The van der Waals surface area contributed by atoms with Gasteiger partial charge in [-0.05, 0) is 31.2 Å². The number of sulfonamides is 1. The number of fused-ring (bicyclic) bond motifs is 1. The molecule has 32 heavy (non-hydrogen) atoms. The van der Waals surface area contributed by atoms with Crippen LogP contribution in [0.1, 0.15) is 29.3 Å². The van der Waals surface area contributed by atoms with E-state index in [0.717, 1.165) is 0 Å². The molecule has 1 heterocycles. The predicted octanol–water partition coefficient (Wildman–Crippen LogP) is 2.69. The van der Waals surface area contributed by atoms with Gasteiger partial charge < -0.3 is 10.2 Å². The monoisotopic (exact) mass is 497 g/mol. The molecule has 3 rings (SSSR count). The number of halogens is 2. The first-order valence-corrected chi connectivity index (χ1v) is 11.9. The minimum atomic E-state index is -4.04. The highest BCUT2D eigenvalue weighted by atomic mass is 35.5. The minimum Gasteiger partial charge on any atom is -0.357 e. The summed E-state index contributed by atoms with van der Waals surface area (Å²) in [7, 11) is -2.60. The molecule has 0 unspecified atom stereocenters. The first-order valence-electron chi connectivity index (χ1n) is 9.69. The van der Waals surface area contributed by atoms with E-state index in [1.807, 2.05) is 0 Å². The molecular weight excluding hydrogens is 477 g/mol. The third-order valence-corrected chi connectivity index (χ3v) is 7.79. The first-order chi connectivity index (χ1) is 15.1. The Bertz CT molecular complexity index is 1170. The van der Waals surface area contributed by atoms with Crippen LogP contribution >= 0.6 is 23.2 Å². The Labute approximate surface area is 196 Å². The molecule has 1 N–H and O–H groups in total. The largest absolute Gasteiger partial charge is 0.357 e. The lowest BCUT2D eigenvalue weighted by Gasteiger charge is -2.29. The molecule has 0 aromatic heterocycles. The molecule has 3 amide bonds. The fourth-order valence-corrected chi connectivity index (χ4v) is 5.52. The van der Waals surface area contributed by atoms with Gasteiger partial charge in [-0.2, -0.15) is 0 Å². The number of likely N-dealkylation sites (N-methyl/N-ethyl adjacent to an activating group) is 1. The van der Waals surface area contributed by atoms with E-state index in [1.165, 1.54) is 37.1 Å². The molecule has 8 nitrogen and oxygen atoms in total. The fourth-order valence-electron chi connectivity index (χ4n) is 3.44. The fraction of sp³-hybridized carbons (Fsp3) is 0.286. The van der Waals surface area contributed by atoms with Gasteiger partial charge in [-0.1, -0.05) is 41.4 Å². The topological polar surface area (TPSA) is 104 Å². The van der Waals surface area contributed by atoms with Crippen molar-refractivity contribution < 1.29 is 22.8 Å². The summed E-state index contributed by atoms with van der Waals surface area (Å²) in [5.41, 5.74) is 0.524. The van der Waals surface area contributed by atoms with E-state index in [0.29, 0.717) is 19.9 Å². The van der Waals surface area contributed by atoms with Crippen LogP contribution in [-0.4, -0.2) is 55.0 Å². The summed E-state index contributed by atoms with van der Waals surface area (Å²) >= 11 is 12.5. The second kappa shape index (κ2) is 9.48. The van der Waals surface area contributed by atoms with Crippen LogP contribution in [0.3, 0.4) is 0 Å². The van der Waals surface area contributed by atoms with Crippen LogP contribution in [0.4, 0.5) is 0 Å². The van der Waals surface area contributed by atoms with Crippen LogP contribution < -0.4 is 5.32 Å². The zero-order valence-electron chi connectivity index (χ0n) is 17.3. The molecule has 1 aliphatic heterocycles. The smallest absolute Gasteiger partial charge is 0.269 e. The van der Waals surface area contributed by atoms with Crippen molar-refractivity contribution in [2.24, 2.45) is 0 Å². The number of hydrogen-bond acceptors (Lipinski definition) is 5. The zero-order chi connectivity index (χ0) is 23.6. The maximum atomic E-state index is 13.1. The number of rotatable bonds is 7. The molecule has 0 bridgehead atoms. The molecule has 11 heteroatoms. The normalized spacial score (nSPS) is 15.2. The van der Waals surface area contributed by atoms with Crippen LogP contribution in [0.5, 0.6) is 0 Å². The summed E-state index contributed by atoms with van der Waals surface area (Å²) in [6.07, 6.45) is -0.317. The summed E-state index contributed by atoms with van der Waals surface area (Å²) in [5.74, 6) is -1.64. The molecule has 1 atom stereocenters. The van der Waals surface area contributed by atoms with Crippen molar-refractivity contribution in [3.63, 3.8) is 0 Å². The van der Waals surface area contributed by atoms with E-state index < -0.39 is 33.8 Å². The van der Waals surface area contributed by atoms with Crippen molar-refractivity contribution in [1.29, 1.82) is 0 Å². The van der Waals surface area contributed by atoms with Gasteiger partial charge in [0.25, 0.3) is 15.9 Å². The first kappa shape index (κ1) is 24.0. The molecule has 0 saturated carbocycles. The number of amides is 3. The SMILES string of the molecule is CNC(=O)[C@@H](C)N(Cc1c(Cl)cccc1Cl)C(=O)CCN1C(=O)c2ccccc2S1(=O)=O.